The summed E-state index contributed by atoms with van der Waals surface area (Å²) < 4.78 is 5.21. The molecule has 3 rings (SSSR count). The molecule has 22 heavy (non-hydrogen) atoms. The molecule has 2 heterocycles. The number of H-pyrrole nitrogens is 2. The number of rotatable bonds is 4. The Kier molecular flexibility index (Phi) is 3.75. The van der Waals surface area contributed by atoms with Crippen molar-refractivity contribution in [3.63, 3.8) is 0 Å². The summed E-state index contributed by atoms with van der Waals surface area (Å²) in [5.41, 5.74) is 0.769. The number of aromatic nitrogens is 4. The Hall–Kier alpha value is -2.87. The van der Waals surface area contributed by atoms with Crippen LogP contribution >= 0.6 is 11.6 Å². The van der Waals surface area contributed by atoms with Gasteiger partial charge in [-0.25, -0.2) is 9.89 Å². The van der Waals surface area contributed by atoms with Crippen LogP contribution < -0.4 is 11.0 Å². The first-order valence-corrected chi connectivity index (χ1v) is 6.64. The van der Waals surface area contributed by atoms with Crippen molar-refractivity contribution >= 4 is 17.5 Å². The van der Waals surface area contributed by atoms with Gasteiger partial charge in [0, 0.05) is 16.7 Å². The largest absolute Gasteiger partial charge is 0.356 e. The van der Waals surface area contributed by atoms with Gasteiger partial charge in [-0.2, -0.15) is 0 Å². The Morgan fingerprint density at radius 3 is 2.95 bits per heavy atom. The van der Waals surface area contributed by atoms with Crippen LogP contribution in [0.4, 0.5) is 0 Å². The molecule has 1 amide bonds. The first kappa shape index (κ1) is 14.1. The van der Waals surface area contributed by atoms with Crippen LogP contribution in [0.15, 0.2) is 39.6 Å². The maximum absolute atomic E-state index is 11.7. The third-order valence-corrected chi connectivity index (χ3v) is 3.05. The average molecular weight is 320 g/mol. The van der Waals surface area contributed by atoms with E-state index in [9.17, 15) is 9.59 Å². The van der Waals surface area contributed by atoms with Crippen molar-refractivity contribution in [1.82, 2.24) is 25.7 Å². The Bertz CT molecular complexity index is 866. The third-order valence-electron chi connectivity index (χ3n) is 2.81. The molecule has 0 saturated carbocycles. The number of carbonyl (C=O) groups is 1. The number of nitrogens with zero attached hydrogens (tertiary/aromatic N) is 2. The predicted octanol–water partition coefficient (Wildman–Crippen LogP) is 1.34. The van der Waals surface area contributed by atoms with Gasteiger partial charge in [-0.3, -0.25) is 9.78 Å². The van der Waals surface area contributed by atoms with Gasteiger partial charge in [-0.15, -0.1) is 5.10 Å². The monoisotopic (exact) mass is 319 g/mol. The second kappa shape index (κ2) is 5.86. The second-order valence-corrected chi connectivity index (χ2v) is 4.84. The molecule has 0 aliphatic heterocycles. The maximum atomic E-state index is 11.7. The first-order chi connectivity index (χ1) is 10.6. The van der Waals surface area contributed by atoms with E-state index in [-0.39, 0.29) is 12.4 Å². The molecule has 3 aromatic rings. The number of hydrogen-bond donors (Lipinski definition) is 3. The van der Waals surface area contributed by atoms with Gasteiger partial charge in [0.15, 0.2) is 5.76 Å². The van der Waals surface area contributed by atoms with E-state index in [2.05, 4.69) is 25.7 Å². The predicted molar refractivity (Wildman–Crippen MR) is 77.3 cm³/mol. The zero-order chi connectivity index (χ0) is 15.5. The molecule has 3 N–H and O–H groups in total. The van der Waals surface area contributed by atoms with Crippen LogP contribution in [0.5, 0.6) is 0 Å². The first-order valence-electron chi connectivity index (χ1n) is 6.26. The van der Waals surface area contributed by atoms with Crippen molar-refractivity contribution in [2.45, 2.75) is 6.54 Å². The number of amides is 1. The molecular weight excluding hydrogens is 310 g/mol. The molecule has 0 atom stereocenters. The van der Waals surface area contributed by atoms with Crippen LogP contribution in [0.25, 0.3) is 11.3 Å². The van der Waals surface area contributed by atoms with Crippen LogP contribution in [0.1, 0.15) is 16.3 Å². The molecule has 0 fully saturated rings. The van der Waals surface area contributed by atoms with Crippen molar-refractivity contribution < 1.29 is 9.32 Å². The number of nitrogens with one attached hydrogen (secondary N) is 3. The molecule has 0 aliphatic rings. The van der Waals surface area contributed by atoms with E-state index >= 15 is 0 Å². The van der Waals surface area contributed by atoms with E-state index in [0.29, 0.717) is 16.5 Å². The fourth-order valence-corrected chi connectivity index (χ4v) is 2.00. The van der Waals surface area contributed by atoms with Gasteiger partial charge in [0.2, 0.25) is 5.82 Å². The molecular formula is C13H10ClN5O3. The molecule has 0 unspecified atom stereocenters. The lowest BCUT2D eigenvalue weighted by molar-refractivity contribution is 0.0940. The lowest BCUT2D eigenvalue weighted by Crippen LogP contribution is -2.24. The van der Waals surface area contributed by atoms with Crippen LogP contribution in [0.3, 0.4) is 0 Å². The number of aromatic amines is 2. The number of carbonyl (C=O) groups excluding carboxylic acids is 1. The van der Waals surface area contributed by atoms with E-state index in [1.807, 2.05) is 6.07 Å². The molecule has 0 spiro atoms. The molecule has 0 bridgehead atoms. The summed E-state index contributed by atoms with van der Waals surface area (Å²) in [5.74, 6) is -0.0749. The summed E-state index contributed by atoms with van der Waals surface area (Å²) in [6.07, 6.45) is 0. The van der Waals surface area contributed by atoms with Crippen LogP contribution in [-0.2, 0) is 6.54 Å². The van der Waals surface area contributed by atoms with Crippen molar-refractivity contribution in [2.24, 2.45) is 0 Å². The molecule has 0 saturated heterocycles. The lowest BCUT2D eigenvalue weighted by atomic mass is 10.1. The topological polar surface area (TPSA) is 117 Å². The van der Waals surface area contributed by atoms with Gasteiger partial charge in [0.1, 0.15) is 5.69 Å². The number of hydrogen-bond acceptors (Lipinski definition) is 5. The van der Waals surface area contributed by atoms with Crippen LogP contribution in [0, 0.1) is 0 Å². The minimum Gasteiger partial charge on any atom is -0.356 e. The zero-order valence-electron chi connectivity index (χ0n) is 11.1. The van der Waals surface area contributed by atoms with Gasteiger partial charge in [-0.1, -0.05) is 28.9 Å². The van der Waals surface area contributed by atoms with Gasteiger partial charge >= 0.3 is 5.69 Å². The Labute approximate surface area is 128 Å². The van der Waals surface area contributed by atoms with Crippen molar-refractivity contribution in [2.75, 3.05) is 0 Å². The Morgan fingerprint density at radius 1 is 1.36 bits per heavy atom. The summed E-state index contributed by atoms with van der Waals surface area (Å²) >= 11 is 5.92. The fraction of sp³-hybridized carbons (Fsp3) is 0.0769. The summed E-state index contributed by atoms with van der Waals surface area (Å²) in [7, 11) is 0. The highest BCUT2D eigenvalue weighted by Crippen LogP contribution is 2.23. The highest BCUT2D eigenvalue weighted by molar-refractivity contribution is 6.30. The second-order valence-electron chi connectivity index (χ2n) is 4.40. The summed E-state index contributed by atoms with van der Waals surface area (Å²) in [5, 5.41) is 12.7. The highest BCUT2D eigenvalue weighted by Gasteiger charge is 2.12. The minimum absolute atomic E-state index is 0.0939. The fourth-order valence-electron chi connectivity index (χ4n) is 1.81. The zero-order valence-corrected chi connectivity index (χ0v) is 11.8. The van der Waals surface area contributed by atoms with Gasteiger partial charge < -0.3 is 9.84 Å². The van der Waals surface area contributed by atoms with Crippen molar-refractivity contribution in [1.29, 1.82) is 0 Å². The summed E-state index contributed by atoms with van der Waals surface area (Å²) in [6, 6.07) is 8.84. The van der Waals surface area contributed by atoms with Gasteiger partial charge in [0.25, 0.3) is 5.91 Å². The van der Waals surface area contributed by atoms with E-state index in [1.54, 1.807) is 24.3 Å². The van der Waals surface area contributed by atoms with Gasteiger partial charge in [-0.05, 0) is 12.1 Å². The van der Waals surface area contributed by atoms with Crippen molar-refractivity contribution in [3.05, 3.63) is 57.4 Å². The average Bonchev–Trinajstić information content (AvgIpc) is 3.14. The number of halogens is 1. The van der Waals surface area contributed by atoms with E-state index in [1.165, 1.54) is 0 Å². The van der Waals surface area contributed by atoms with E-state index in [0.717, 1.165) is 5.56 Å². The van der Waals surface area contributed by atoms with Crippen LogP contribution in [-0.4, -0.2) is 26.2 Å². The molecule has 0 aliphatic carbocycles. The lowest BCUT2D eigenvalue weighted by Gasteiger charge is -1.98. The van der Waals surface area contributed by atoms with Gasteiger partial charge in [0.05, 0.1) is 6.54 Å². The Balaban J connectivity index is 1.67. The third kappa shape index (κ3) is 3.07. The standard InChI is InChI=1S/C13H10ClN5O3/c14-8-3-1-2-7(4-8)10-5-9(19-22-10)6-15-12(20)11-16-13(21)18-17-11/h1-5H,6H2,(H,15,20)(H2,16,17,18,21). The van der Waals surface area contributed by atoms with Crippen LogP contribution in [0.2, 0.25) is 5.02 Å². The molecule has 1 aromatic carbocycles. The van der Waals surface area contributed by atoms with Crippen molar-refractivity contribution in [3.8, 4) is 11.3 Å². The highest BCUT2D eigenvalue weighted by atomic mass is 35.5. The number of benzene rings is 1. The molecule has 8 nitrogen and oxygen atoms in total. The summed E-state index contributed by atoms with van der Waals surface area (Å²) in [4.78, 5) is 24.8. The molecule has 2 aromatic heterocycles. The maximum Gasteiger partial charge on any atom is 0.341 e. The summed E-state index contributed by atoms with van der Waals surface area (Å²) in [6.45, 7) is 0.137. The molecule has 112 valence electrons. The smallest absolute Gasteiger partial charge is 0.341 e. The quantitative estimate of drug-likeness (QED) is 0.671. The Morgan fingerprint density at radius 2 is 2.23 bits per heavy atom. The van der Waals surface area contributed by atoms with E-state index in [4.69, 9.17) is 16.1 Å². The normalized spacial score (nSPS) is 10.6. The minimum atomic E-state index is -0.546. The molecule has 0 radical (unpaired) electrons. The molecule has 9 heteroatoms. The van der Waals surface area contributed by atoms with E-state index < -0.39 is 11.6 Å². The SMILES string of the molecule is O=C(NCc1cc(-c2cccc(Cl)c2)on1)c1n[nH]c(=O)[nH]1.